The zero-order chi connectivity index (χ0) is 13.2. The van der Waals surface area contributed by atoms with E-state index in [4.69, 9.17) is 10.2 Å². The molecule has 0 fully saturated rings. The van der Waals surface area contributed by atoms with Gasteiger partial charge in [-0.2, -0.15) is 0 Å². The first-order chi connectivity index (χ1) is 9.20. The van der Waals surface area contributed by atoms with E-state index < -0.39 is 0 Å². The van der Waals surface area contributed by atoms with Crippen LogP contribution in [0.1, 0.15) is 17.0 Å². The Bertz CT molecular complexity index is 698. The van der Waals surface area contributed by atoms with Crippen LogP contribution in [-0.2, 0) is 12.8 Å². The van der Waals surface area contributed by atoms with Crippen LogP contribution in [-0.4, -0.2) is 4.98 Å². The number of oxazole rings is 1. The Morgan fingerprint density at radius 2 is 1.84 bits per heavy atom. The maximum atomic E-state index is 5.72. The second-order valence-corrected chi connectivity index (χ2v) is 4.82. The smallest absolute Gasteiger partial charge is 0.195 e. The van der Waals surface area contributed by atoms with E-state index in [0.29, 0.717) is 5.69 Å². The summed E-state index contributed by atoms with van der Waals surface area (Å²) in [4.78, 5) is 4.46. The van der Waals surface area contributed by atoms with E-state index in [2.05, 4.69) is 36.2 Å². The number of hydrogen-bond donors (Lipinski definition) is 1. The van der Waals surface area contributed by atoms with E-state index in [1.165, 1.54) is 11.1 Å². The number of benzene rings is 2. The highest BCUT2D eigenvalue weighted by atomic mass is 16.3. The topological polar surface area (TPSA) is 52.0 Å². The molecule has 1 heterocycles. The van der Waals surface area contributed by atoms with Crippen LogP contribution in [0.4, 0.5) is 5.69 Å². The zero-order valence-electron chi connectivity index (χ0n) is 10.9. The van der Waals surface area contributed by atoms with Crippen LogP contribution in [0.25, 0.3) is 11.1 Å². The predicted molar refractivity (Wildman–Crippen MR) is 77.0 cm³/mol. The molecule has 3 heteroatoms. The van der Waals surface area contributed by atoms with Gasteiger partial charge in [-0.05, 0) is 31.0 Å². The van der Waals surface area contributed by atoms with E-state index in [1.54, 1.807) is 0 Å². The molecule has 0 bridgehead atoms. The van der Waals surface area contributed by atoms with Crippen LogP contribution in [0, 0.1) is 6.92 Å². The summed E-state index contributed by atoms with van der Waals surface area (Å²) in [6.07, 6.45) is 1.74. The lowest BCUT2D eigenvalue weighted by molar-refractivity contribution is 0.528. The fourth-order valence-electron chi connectivity index (χ4n) is 2.10. The second-order valence-electron chi connectivity index (χ2n) is 4.82. The Hall–Kier alpha value is -2.29. The molecule has 96 valence electrons. The van der Waals surface area contributed by atoms with Crippen molar-refractivity contribution >= 4 is 16.8 Å². The molecule has 3 nitrogen and oxygen atoms in total. The van der Waals surface area contributed by atoms with Gasteiger partial charge in [-0.15, -0.1) is 0 Å². The lowest BCUT2D eigenvalue weighted by atomic mass is 10.1. The normalized spacial score (nSPS) is 11.0. The molecule has 0 amide bonds. The van der Waals surface area contributed by atoms with Gasteiger partial charge in [0.2, 0.25) is 0 Å². The highest BCUT2D eigenvalue weighted by molar-refractivity contribution is 5.76. The van der Waals surface area contributed by atoms with Crippen molar-refractivity contribution in [2.24, 2.45) is 0 Å². The average Bonchev–Trinajstić information content (AvgIpc) is 2.80. The molecule has 0 saturated carbocycles. The van der Waals surface area contributed by atoms with Crippen molar-refractivity contribution in [2.45, 2.75) is 19.8 Å². The number of nitrogens with two attached hydrogens (primary N) is 1. The monoisotopic (exact) mass is 252 g/mol. The largest absolute Gasteiger partial charge is 0.441 e. The Labute approximate surface area is 112 Å². The molecule has 2 N–H and O–H groups in total. The fourth-order valence-corrected chi connectivity index (χ4v) is 2.10. The van der Waals surface area contributed by atoms with E-state index in [0.717, 1.165) is 29.8 Å². The summed E-state index contributed by atoms with van der Waals surface area (Å²) in [5.41, 5.74) is 10.6. The molecule has 0 spiro atoms. The highest BCUT2D eigenvalue weighted by Gasteiger charge is 2.06. The van der Waals surface area contributed by atoms with Crippen molar-refractivity contribution in [3.63, 3.8) is 0 Å². The van der Waals surface area contributed by atoms with Gasteiger partial charge in [-0.25, -0.2) is 4.98 Å². The minimum absolute atomic E-state index is 0.703. The number of anilines is 1. The first-order valence-corrected chi connectivity index (χ1v) is 6.41. The molecule has 19 heavy (non-hydrogen) atoms. The number of fused-ring (bicyclic) bond motifs is 1. The van der Waals surface area contributed by atoms with Crippen molar-refractivity contribution in [3.05, 3.63) is 59.5 Å². The van der Waals surface area contributed by atoms with Crippen LogP contribution in [0.15, 0.2) is 46.9 Å². The van der Waals surface area contributed by atoms with Gasteiger partial charge in [0, 0.05) is 18.2 Å². The van der Waals surface area contributed by atoms with Crippen molar-refractivity contribution in [3.8, 4) is 0 Å². The van der Waals surface area contributed by atoms with Gasteiger partial charge in [0.25, 0.3) is 0 Å². The Kier molecular flexibility index (Phi) is 2.95. The lowest BCUT2D eigenvalue weighted by Gasteiger charge is -1.99. The van der Waals surface area contributed by atoms with Crippen molar-refractivity contribution in [1.29, 1.82) is 0 Å². The van der Waals surface area contributed by atoms with Gasteiger partial charge >= 0.3 is 0 Å². The Balaban J connectivity index is 1.76. The van der Waals surface area contributed by atoms with Gasteiger partial charge in [-0.3, -0.25) is 0 Å². The summed E-state index contributed by atoms with van der Waals surface area (Å²) in [6, 6.07) is 14.1. The summed E-state index contributed by atoms with van der Waals surface area (Å²) >= 11 is 0. The van der Waals surface area contributed by atoms with Gasteiger partial charge in [0.05, 0.1) is 0 Å². The fraction of sp³-hybridized carbons (Fsp3) is 0.188. The molecule has 0 aliphatic rings. The maximum Gasteiger partial charge on any atom is 0.195 e. The quantitative estimate of drug-likeness (QED) is 0.726. The molecule has 0 atom stereocenters. The Morgan fingerprint density at radius 3 is 2.63 bits per heavy atom. The van der Waals surface area contributed by atoms with E-state index in [1.807, 2.05) is 18.2 Å². The molecule has 0 unspecified atom stereocenters. The third kappa shape index (κ3) is 2.60. The molecule has 0 aliphatic heterocycles. The van der Waals surface area contributed by atoms with Crippen LogP contribution >= 0.6 is 0 Å². The number of aryl methyl sites for hydroxylation is 3. The summed E-state index contributed by atoms with van der Waals surface area (Å²) in [5, 5.41) is 0. The first-order valence-electron chi connectivity index (χ1n) is 6.41. The third-order valence-electron chi connectivity index (χ3n) is 3.20. The molecule has 0 aliphatic carbocycles. The summed E-state index contributed by atoms with van der Waals surface area (Å²) in [7, 11) is 0. The summed E-state index contributed by atoms with van der Waals surface area (Å²) in [6.45, 7) is 2.09. The first kappa shape index (κ1) is 11.8. The number of rotatable bonds is 3. The van der Waals surface area contributed by atoms with Crippen LogP contribution in [0.5, 0.6) is 0 Å². The number of hydrogen-bond acceptors (Lipinski definition) is 3. The molecule has 0 saturated heterocycles. The van der Waals surface area contributed by atoms with Crippen molar-refractivity contribution in [1.82, 2.24) is 4.98 Å². The summed E-state index contributed by atoms with van der Waals surface area (Å²) < 4.78 is 5.70. The number of nitrogen functional groups attached to an aromatic ring is 1. The van der Waals surface area contributed by atoms with Gasteiger partial charge in [0.1, 0.15) is 5.52 Å². The molecule has 3 rings (SSSR count). The van der Waals surface area contributed by atoms with Crippen LogP contribution in [0.3, 0.4) is 0 Å². The average molecular weight is 252 g/mol. The second kappa shape index (κ2) is 4.76. The maximum absolute atomic E-state index is 5.72. The number of nitrogens with zero attached hydrogens (tertiary/aromatic N) is 1. The Morgan fingerprint density at radius 1 is 1.05 bits per heavy atom. The number of aromatic nitrogens is 1. The molecule has 1 aromatic heterocycles. The minimum atomic E-state index is 0.703. The summed E-state index contributed by atoms with van der Waals surface area (Å²) in [5.74, 6) is 0.765. The van der Waals surface area contributed by atoms with E-state index >= 15 is 0 Å². The molecule has 0 radical (unpaired) electrons. The SMILES string of the molecule is Cc1ccc(CCc2nc3ccc(N)cc3o2)cc1. The third-order valence-corrected chi connectivity index (χ3v) is 3.20. The van der Waals surface area contributed by atoms with E-state index in [-0.39, 0.29) is 0 Å². The standard InChI is InChI=1S/C16H16N2O/c1-11-2-4-12(5-3-11)6-9-16-18-14-8-7-13(17)10-15(14)19-16/h2-5,7-8,10H,6,9,17H2,1H3. The van der Waals surface area contributed by atoms with Crippen molar-refractivity contribution < 1.29 is 4.42 Å². The van der Waals surface area contributed by atoms with Gasteiger partial charge < -0.3 is 10.2 Å². The predicted octanol–water partition coefficient (Wildman–Crippen LogP) is 3.50. The van der Waals surface area contributed by atoms with Crippen LogP contribution in [0.2, 0.25) is 0 Å². The van der Waals surface area contributed by atoms with Gasteiger partial charge in [0.15, 0.2) is 11.5 Å². The van der Waals surface area contributed by atoms with Crippen molar-refractivity contribution in [2.75, 3.05) is 5.73 Å². The van der Waals surface area contributed by atoms with E-state index in [9.17, 15) is 0 Å². The highest BCUT2D eigenvalue weighted by Crippen LogP contribution is 2.19. The lowest BCUT2D eigenvalue weighted by Crippen LogP contribution is -1.91. The minimum Gasteiger partial charge on any atom is -0.441 e. The zero-order valence-corrected chi connectivity index (χ0v) is 10.9. The molecular formula is C16H16N2O. The molecular weight excluding hydrogens is 236 g/mol. The van der Waals surface area contributed by atoms with Crippen LogP contribution < -0.4 is 5.73 Å². The molecule has 3 aromatic rings. The van der Waals surface area contributed by atoms with Gasteiger partial charge in [-0.1, -0.05) is 29.8 Å². The molecule has 2 aromatic carbocycles.